The van der Waals surface area contributed by atoms with E-state index in [0.29, 0.717) is 12.0 Å². The van der Waals surface area contributed by atoms with Gasteiger partial charge in [-0.15, -0.1) is 0 Å². The Balaban J connectivity index is 1.97. The number of carbonyl (C=O) groups is 2. The molecule has 0 unspecified atom stereocenters. The molecule has 0 saturated carbocycles. The van der Waals surface area contributed by atoms with E-state index in [0.717, 1.165) is 28.9 Å². The number of amides is 1. The predicted octanol–water partition coefficient (Wildman–Crippen LogP) is 4.43. The molecule has 2 aromatic carbocycles. The van der Waals surface area contributed by atoms with E-state index >= 15 is 0 Å². The highest BCUT2D eigenvalue weighted by Crippen LogP contribution is 2.24. The number of nitrogens with zero attached hydrogens (tertiary/aromatic N) is 1. The molecular formula is C23H24N2O3. The summed E-state index contributed by atoms with van der Waals surface area (Å²) in [6.07, 6.45) is 1.28. The Bertz CT molecular complexity index is 987. The Morgan fingerprint density at radius 2 is 1.71 bits per heavy atom. The number of aliphatic carboxylic acids is 1. The van der Waals surface area contributed by atoms with Gasteiger partial charge in [0.1, 0.15) is 0 Å². The van der Waals surface area contributed by atoms with E-state index in [1.165, 1.54) is 5.56 Å². The smallest absolute Gasteiger partial charge is 0.303 e. The molecule has 0 fully saturated rings. The summed E-state index contributed by atoms with van der Waals surface area (Å²) in [6.45, 7) is 3.99. The molecule has 0 spiro atoms. The van der Waals surface area contributed by atoms with Crippen LogP contribution in [0.5, 0.6) is 0 Å². The molecule has 1 aromatic heterocycles. The Hall–Kier alpha value is -3.34. The lowest BCUT2D eigenvalue weighted by molar-refractivity contribution is -0.136. The summed E-state index contributed by atoms with van der Waals surface area (Å²) in [5.41, 5.74) is 8.19. The molecule has 0 radical (unpaired) electrons. The van der Waals surface area contributed by atoms with Crippen LogP contribution in [0.1, 0.15) is 40.5 Å². The lowest BCUT2D eigenvalue weighted by atomic mass is 10.1. The quantitative estimate of drug-likeness (QED) is 0.641. The Morgan fingerprint density at radius 3 is 2.36 bits per heavy atom. The third-order valence-corrected chi connectivity index (χ3v) is 4.82. The summed E-state index contributed by atoms with van der Waals surface area (Å²) in [5, 5.41) is 9.05. The van der Waals surface area contributed by atoms with Crippen LogP contribution in [0.3, 0.4) is 0 Å². The monoisotopic (exact) mass is 376 g/mol. The highest BCUT2D eigenvalue weighted by atomic mass is 16.4. The minimum absolute atomic E-state index is 0.00153. The Kier molecular flexibility index (Phi) is 5.94. The molecule has 0 aliphatic rings. The average Bonchev–Trinajstić information content (AvgIpc) is 3.09. The van der Waals surface area contributed by atoms with Gasteiger partial charge < -0.3 is 5.11 Å². The van der Waals surface area contributed by atoms with Crippen LogP contribution < -0.4 is 5.43 Å². The van der Waals surface area contributed by atoms with Crippen LogP contribution in [0.25, 0.3) is 11.3 Å². The fraction of sp³-hybridized carbons (Fsp3) is 0.217. The number of benzene rings is 2. The molecule has 3 aromatic rings. The van der Waals surface area contributed by atoms with Crippen LogP contribution in [-0.2, 0) is 17.6 Å². The van der Waals surface area contributed by atoms with Gasteiger partial charge in [0.25, 0.3) is 5.91 Å². The Labute approximate surface area is 164 Å². The summed E-state index contributed by atoms with van der Waals surface area (Å²) in [5.74, 6) is -1.09. The zero-order valence-corrected chi connectivity index (χ0v) is 16.1. The lowest BCUT2D eigenvalue weighted by Crippen LogP contribution is -2.26. The summed E-state index contributed by atoms with van der Waals surface area (Å²) >= 11 is 0. The second-order valence-corrected chi connectivity index (χ2v) is 6.75. The largest absolute Gasteiger partial charge is 0.481 e. The molecule has 0 bridgehead atoms. The first-order valence-electron chi connectivity index (χ1n) is 9.38. The van der Waals surface area contributed by atoms with E-state index in [1.807, 2.05) is 49.4 Å². The van der Waals surface area contributed by atoms with Gasteiger partial charge in [0.05, 0.1) is 12.1 Å². The summed E-state index contributed by atoms with van der Waals surface area (Å²) in [6, 6.07) is 19.3. The Morgan fingerprint density at radius 1 is 1.00 bits per heavy atom. The van der Waals surface area contributed by atoms with Gasteiger partial charge in [-0.3, -0.25) is 19.7 Å². The van der Waals surface area contributed by atoms with Crippen LogP contribution in [0.2, 0.25) is 0 Å². The van der Waals surface area contributed by atoms with Crippen LogP contribution in [0.15, 0.2) is 60.7 Å². The van der Waals surface area contributed by atoms with Gasteiger partial charge in [0, 0.05) is 23.2 Å². The van der Waals surface area contributed by atoms with Gasteiger partial charge in [0.2, 0.25) is 0 Å². The minimum Gasteiger partial charge on any atom is -0.481 e. The molecule has 3 rings (SSSR count). The minimum atomic E-state index is -0.869. The molecular weight excluding hydrogens is 352 g/mol. The maximum absolute atomic E-state index is 12.9. The van der Waals surface area contributed by atoms with Crippen LogP contribution >= 0.6 is 0 Å². The number of hydrogen-bond donors (Lipinski definition) is 2. The third kappa shape index (κ3) is 4.31. The maximum atomic E-state index is 12.9. The number of rotatable bonds is 7. The first-order valence-corrected chi connectivity index (χ1v) is 9.38. The van der Waals surface area contributed by atoms with Crippen LogP contribution in [0.4, 0.5) is 0 Å². The fourth-order valence-electron chi connectivity index (χ4n) is 3.17. The van der Waals surface area contributed by atoms with Crippen molar-refractivity contribution in [3.8, 4) is 11.3 Å². The molecule has 5 nitrogen and oxygen atoms in total. The van der Waals surface area contributed by atoms with Gasteiger partial charge in [-0.05, 0) is 42.7 Å². The standard InChI is InChI=1S/C23H24N2O3/c1-3-17-8-10-18(11-9-17)21-14-12-19(13-15-22(26)27)25(21)24-23(28)20-7-5-4-6-16(20)2/h4-12,14H,3,13,15H2,1-2H3,(H,24,28)(H,26,27). The van der Waals surface area contributed by atoms with Gasteiger partial charge in [0.15, 0.2) is 0 Å². The second-order valence-electron chi connectivity index (χ2n) is 6.75. The molecule has 28 heavy (non-hydrogen) atoms. The van der Waals surface area contributed by atoms with Crippen LogP contribution in [-0.4, -0.2) is 21.7 Å². The van der Waals surface area contributed by atoms with Crippen molar-refractivity contribution in [3.63, 3.8) is 0 Å². The third-order valence-electron chi connectivity index (χ3n) is 4.82. The number of aryl methyl sites for hydroxylation is 3. The number of carboxylic acid groups (broad SMARTS) is 1. The number of hydrogen-bond acceptors (Lipinski definition) is 2. The summed E-state index contributed by atoms with van der Waals surface area (Å²) in [7, 11) is 0. The molecule has 5 heteroatoms. The number of aromatic nitrogens is 1. The highest BCUT2D eigenvalue weighted by molar-refractivity contribution is 6.01. The highest BCUT2D eigenvalue weighted by Gasteiger charge is 2.16. The van der Waals surface area contributed by atoms with E-state index in [4.69, 9.17) is 5.11 Å². The fourth-order valence-corrected chi connectivity index (χ4v) is 3.17. The summed E-state index contributed by atoms with van der Waals surface area (Å²) in [4.78, 5) is 23.9. The van der Waals surface area contributed by atoms with Crippen molar-refractivity contribution < 1.29 is 14.7 Å². The van der Waals surface area contributed by atoms with E-state index < -0.39 is 5.97 Å². The van der Waals surface area contributed by atoms with Crippen molar-refractivity contribution >= 4 is 11.9 Å². The average molecular weight is 376 g/mol. The van der Waals surface area contributed by atoms with E-state index in [1.54, 1.807) is 10.7 Å². The number of carbonyl (C=O) groups excluding carboxylic acids is 1. The first kappa shape index (κ1) is 19.4. The zero-order valence-electron chi connectivity index (χ0n) is 16.1. The van der Waals surface area contributed by atoms with Crippen molar-refractivity contribution in [2.75, 3.05) is 5.43 Å². The topological polar surface area (TPSA) is 71.3 Å². The van der Waals surface area contributed by atoms with Crippen molar-refractivity contribution in [3.05, 3.63) is 83.0 Å². The van der Waals surface area contributed by atoms with Gasteiger partial charge >= 0.3 is 5.97 Å². The maximum Gasteiger partial charge on any atom is 0.303 e. The zero-order chi connectivity index (χ0) is 20.1. The molecule has 0 aliphatic heterocycles. The summed E-state index contributed by atoms with van der Waals surface area (Å²) < 4.78 is 1.71. The van der Waals surface area contributed by atoms with Gasteiger partial charge in [-0.1, -0.05) is 49.4 Å². The van der Waals surface area contributed by atoms with Gasteiger partial charge in [-0.25, -0.2) is 0 Å². The molecule has 2 N–H and O–H groups in total. The molecule has 144 valence electrons. The van der Waals surface area contributed by atoms with E-state index in [2.05, 4.69) is 24.5 Å². The lowest BCUT2D eigenvalue weighted by Gasteiger charge is -2.16. The first-order chi connectivity index (χ1) is 13.5. The van der Waals surface area contributed by atoms with Crippen molar-refractivity contribution in [2.24, 2.45) is 0 Å². The second kappa shape index (κ2) is 8.57. The number of nitrogens with one attached hydrogen (secondary N) is 1. The predicted molar refractivity (Wildman–Crippen MR) is 110 cm³/mol. The normalized spacial score (nSPS) is 10.6. The molecule has 0 aliphatic carbocycles. The molecule has 0 saturated heterocycles. The van der Waals surface area contributed by atoms with Crippen LogP contribution in [0, 0.1) is 6.92 Å². The molecule has 1 amide bonds. The van der Waals surface area contributed by atoms with Crippen molar-refractivity contribution in [1.29, 1.82) is 0 Å². The molecule has 0 atom stereocenters. The van der Waals surface area contributed by atoms with Gasteiger partial charge in [-0.2, -0.15) is 0 Å². The van der Waals surface area contributed by atoms with Crippen molar-refractivity contribution in [2.45, 2.75) is 33.1 Å². The number of carboxylic acids is 1. The van der Waals surface area contributed by atoms with E-state index in [-0.39, 0.29) is 12.3 Å². The van der Waals surface area contributed by atoms with E-state index in [9.17, 15) is 9.59 Å². The van der Waals surface area contributed by atoms with Crippen molar-refractivity contribution in [1.82, 2.24) is 4.68 Å². The SMILES string of the molecule is CCc1ccc(-c2ccc(CCC(=O)O)n2NC(=O)c2ccccc2C)cc1. The molecule has 1 heterocycles.